The highest BCUT2D eigenvalue weighted by Gasteiger charge is 2.31. The second-order valence-electron chi connectivity index (χ2n) is 9.82. The maximum atomic E-state index is 13.0. The summed E-state index contributed by atoms with van der Waals surface area (Å²) >= 11 is 0. The number of aromatic nitrogens is 2. The molecular formula is C31H33F3N4. The Balaban J connectivity index is 1.32. The van der Waals surface area contributed by atoms with Crippen molar-refractivity contribution in [2.75, 3.05) is 26.2 Å². The van der Waals surface area contributed by atoms with Crippen LogP contribution >= 0.6 is 0 Å². The average Bonchev–Trinajstić information content (AvgIpc) is 3.25. The summed E-state index contributed by atoms with van der Waals surface area (Å²) in [6.07, 6.45) is -4.35. The van der Waals surface area contributed by atoms with Crippen molar-refractivity contribution >= 4 is 0 Å². The first kappa shape index (κ1) is 26.2. The monoisotopic (exact) mass is 518 g/mol. The largest absolute Gasteiger partial charge is 0.416 e. The molecule has 0 spiro atoms. The lowest BCUT2D eigenvalue weighted by Gasteiger charge is -2.40. The molecular weight excluding hydrogens is 485 g/mol. The Morgan fingerprint density at radius 2 is 1.34 bits per heavy atom. The minimum atomic E-state index is -4.35. The number of nitrogens with zero attached hydrogens (tertiary/aromatic N) is 4. The molecule has 1 aliphatic heterocycles. The zero-order valence-electron chi connectivity index (χ0n) is 21.8. The van der Waals surface area contributed by atoms with Crippen molar-refractivity contribution in [1.82, 2.24) is 19.4 Å². The van der Waals surface area contributed by atoms with E-state index in [1.54, 1.807) is 0 Å². The van der Waals surface area contributed by atoms with Crippen LogP contribution in [0.15, 0.2) is 84.9 Å². The van der Waals surface area contributed by atoms with Gasteiger partial charge in [-0.3, -0.25) is 9.80 Å². The van der Waals surface area contributed by atoms with Crippen molar-refractivity contribution in [3.8, 4) is 11.4 Å². The molecule has 198 valence electrons. The fraction of sp³-hybridized carbons (Fsp3) is 0.323. The molecule has 0 aliphatic carbocycles. The SMILES string of the molecule is CCn1c(-c2ccc(C(F)(F)F)cc2)nc(C)c1CN1CCN(C(c2ccccc2)c2ccccc2)CC1. The number of hydrogen-bond donors (Lipinski definition) is 0. The smallest absolute Gasteiger partial charge is 0.327 e. The molecule has 0 saturated carbocycles. The first-order chi connectivity index (χ1) is 18.3. The number of imidazole rings is 1. The minimum absolute atomic E-state index is 0.216. The number of benzene rings is 3. The molecule has 3 aromatic carbocycles. The van der Waals surface area contributed by atoms with E-state index in [9.17, 15) is 13.2 Å². The van der Waals surface area contributed by atoms with Gasteiger partial charge in [-0.2, -0.15) is 13.2 Å². The highest BCUT2D eigenvalue weighted by molar-refractivity contribution is 5.58. The molecule has 0 bridgehead atoms. The van der Waals surface area contributed by atoms with Crippen LogP contribution in [0.25, 0.3) is 11.4 Å². The Hall–Kier alpha value is -3.42. The summed E-state index contributed by atoms with van der Waals surface area (Å²) in [6.45, 7) is 9.27. The standard InChI is InChI=1S/C31H33F3N4/c1-3-38-28(23(2)35-30(38)26-14-16-27(17-15-26)31(32,33)34)22-36-18-20-37(21-19-36)29(24-10-6-4-7-11-24)25-12-8-5-9-13-25/h4-17,29H,3,18-22H2,1-2H3. The molecule has 4 nitrogen and oxygen atoms in total. The summed E-state index contributed by atoms with van der Waals surface area (Å²) in [5.41, 5.74) is 4.71. The fourth-order valence-corrected chi connectivity index (χ4v) is 5.45. The summed E-state index contributed by atoms with van der Waals surface area (Å²) in [4.78, 5) is 9.79. The molecule has 1 aliphatic rings. The first-order valence-electron chi connectivity index (χ1n) is 13.1. The zero-order chi connectivity index (χ0) is 26.7. The molecule has 1 aromatic heterocycles. The third-order valence-electron chi connectivity index (χ3n) is 7.44. The van der Waals surface area contributed by atoms with Crippen LogP contribution in [0.4, 0.5) is 13.2 Å². The molecule has 0 N–H and O–H groups in total. The van der Waals surface area contributed by atoms with Gasteiger partial charge >= 0.3 is 6.18 Å². The molecule has 7 heteroatoms. The van der Waals surface area contributed by atoms with E-state index in [0.29, 0.717) is 12.1 Å². The van der Waals surface area contributed by atoms with Gasteiger partial charge in [0.05, 0.1) is 23.0 Å². The van der Waals surface area contributed by atoms with Gasteiger partial charge in [0.15, 0.2) is 0 Å². The van der Waals surface area contributed by atoms with Gasteiger partial charge in [-0.1, -0.05) is 72.8 Å². The lowest BCUT2D eigenvalue weighted by molar-refractivity contribution is -0.137. The summed E-state index contributed by atoms with van der Waals surface area (Å²) in [5.74, 6) is 0.723. The van der Waals surface area contributed by atoms with E-state index >= 15 is 0 Å². The first-order valence-corrected chi connectivity index (χ1v) is 13.1. The van der Waals surface area contributed by atoms with Crippen LogP contribution in [0.5, 0.6) is 0 Å². The van der Waals surface area contributed by atoms with Crippen molar-refractivity contribution in [2.24, 2.45) is 0 Å². The molecule has 0 radical (unpaired) electrons. The van der Waals surface area contributed by atoms with Crippen molar-refractivity contribution in [2.45, 2.75) is 39.2 Å². The molecule has 0 atom stereocenters. The Bertz CT molecular complexity index is 1280. The quantitative estimate of drug-likeness (QED) is 0.269. The Labute approximate surface area is 222 Å². The van der Waals surface area contributed by atoms with E-state index in [2.05, 4.69) is 82.0 Å². The maximum absolute atomic E-state index is 13.0. The Morgan fingerprint density at radius 1 is 0.789 bits per heavy atom. The third kappa shape index (κ3) is 5.54. The summed E-state index contributed by atoms with van der Waals surface area (Å²) in [6, 6.07) is 26.9. The second kappa shape index (κ2) is 11.1. The van der Waals surface area contributed by atoms with Crippen LogP contribution in [0.3, 0.4) is 0 Å². The van der Waals surface area contributed by atoms with E-state index in [1.807, 2.05) is 6.92 Å². The van der Waals surface area contributed by atoms with Crippen LogP contribution in [-0.2, 0) is 19.3 Å². The number of piperazine rings is 1. The van der Waals surface area contributed by atoms with Gasteiger partial charge in [0.25, 0.3) is 0 Å². The van der Waals surface area contributed by atoms with Gasteiger partial charge in [0.1, 0.15) is 5.82 Å². The van der Waals surface area contributed by atoms with E-state index < -0.39 is 11.7 Å². The second-order valence-corrected chi connectivity index (χ2v) is 9.82. The topological polar surface area (TPSA) is 24.3 Å². The molecule has 2 heterocycles. The van der Waals surface area contributed by atoms with E-state index in [4.69, 9.17) is 4.98 Å². The summed E-state index contributed by atoms with van der Waals surface area (Å²) < 4.78 is 41.3. The predicted octanol–water partition coefficient (Wildman–Crippen LogP) is 6.80. The van der Waals surface area contributed by atoms with E-state index in [0.717, 1.165) is 62.1 Å². The highest BCUT2D eigenvalue weighted by atomic mass is 19.4. The lowest BCUT2D eigenvalue weighted by Crippen LogP contribution is -2.47. The van der Waals surface area contributed by atoms with Gasteiger partial charge < -0.3 is 4.57 Å². The molecule has 38 heavy (non-hydrogen) atoms. The molecule has 1 saturated heterocycles. The Kier molecular flexibility index (Phi) is 7.68. The number of hydrogen-bond acceptors (Lipinski definition) is 3. The van der Waals surface area contributed by atoms with Gasteiger partial charge in [-0.05, 0) is 37.1 Å². The highest BCUT2D eigenvalue weighted by Crippen LogP contribution is 2.32. The van der Waals surface area contributed by atoms with Gasteiger partial charge in [0.2, 0.25) is 0 Å². The van der Waals surface area contributed by atoms with Crippen molar-refractivity contribution in [3.63, 3.8) is 0 Å². The summed E-state index contributed by atoms with van der Waals surface area (Å²) in [5, 5.41) is 0. The number of aryl methyl sites for hydroxylation is 1. The van der Waals surface area contributed by atoms with Gasteiger partial charge in [-0.15, -0.1) is 0 Å². The van der Waals surface area contributed by atoms with E-state index in [-0.39, 0.29) is 6.04 Å². The third-order valence-corrected chi connectivity index (χ3v) is 7.44. The lowest BCUT2D eigenvalue weighted by atomic mass is 9.96. The molecule has 4 aromatic rings. The Morgan fingerprint density at radius 3 is 1.84 bits per heavy atom. The van der Waals surface area contributed by atoms with Crippen LogP contribution in [-0.4, -0.2) is 45.5 Å². The average molecular weight is 519 g/mol. The normalized spacial score (nSPS) is 15.3. The zero-order valence-corrected chi connectivity index (χ0v) is 21.8. The number of halogens is 3. The fourth-order valence-electron chi connectivity index (χ4n) is 5.45. The van der Waals surface area contributed by atoms with Crippen molar-refractivity contribution in [3.05, 3.63) is 113 Å². The van der Waals surface area contributed by atoms with Gasteiger partial charge in [-0.25, -0.2) is 4.98 Å². The number of alkyl halides is 3. The molecule has 0 unspecified atom stereocenters. The van der Waals surface area contributed by atoms with Crippen LogP contribution in [0.1, 0.15) is 41.0 Å². The van der Waals surface area contributed by atoms with Crippen molar-refractivity contribution < 1.29 is 13.2 Å². The minimum Gasteiger partial charge on any atom is -0.327 e. The van der Waals surface area contributed by atoms with Crippen LogP contribution < -0.4 is 0 Å². The molecule has 0 amide bonds. The molecule has 5 rings (SSSR count). The van der Waals surface area contributed by atoms with E-state index in [1.165, 1.54) is 23.3 Å². The van der Waals surface area contributed by atoms with Crippen LogP contribution in [0.2, 0.25) is 0 Å². The number of rotatable bonds is 7. The predicted molar refractivity (Wildman–Crippen MR) is 145 cm³/mol. The summed E-state index contributed by atoms with van der Waals surface area (Å²) in [7, 11) is 0. The van der Waals surface area contributed by atoms with Crippen LogP contribution in [0, 0.1) is 6.92 Å². The maximum Gasteiger partial charge on any atom is 0.416 e. The molecule has 1 fully saturated rings. The van der Waals surface area contributed by atoms with Crippen molar-refractivity contribution in [1.29, 1.82) is 0 Å². The van der Waals surface area contributed by atoms with Gasteiger partial charge in [0, 0.05) is 44.8 Å².